The normalized spacial score (nSPS) is 10.3. The Morgan fingerprint density at radius 3 is 2.57 bits per heavy atom. The Morgan fingerprint density at radius 2 is 1.86 bits per heavy atom. The SMILES string of the molecule is COc1ccc(OC)c(NC(=O)c2ccnc(Nc3ccc(C)c(Cl)c3)c2)c1. The van der Waals surface area contributed by atoms with E-state index < -0.39 is 0 Å². The van der Waals surface area contributed by atoms with Crippen molar-refractivity contribution >= 4 is 34.7 Å². The Morgan fingerprint density at radius 1 is 1.04 bits per heavy atom. The lowest BCUT2D eigenvalue weighted by atomic mass is 10.2. The lowest BCUT2D eigenvalue weighted by Crippen LogP contribution is -2.13. The van der Waals surface area contributed by atoms with Crippen LogP contribution in [0.3, 0.4) is 0 Å². The van der Waals surface area contributed by atoms with Crippen LogP contribution < -0.4 is 20.1 Å². The third-order valence-electron chi connectivity index (χ3n) is 4.12. The summed E-state index contributed by atoms with van der Waals surface area (Å²) in [5.74, 6) is 1.39. The zero-order valence-corrected chi connectivity index (χ0v) is 16.5. The van der Waals surface area contributed by atoms with Crippen molar-refractivity contribution in [3.63, 3.8) is 0 Å². The molecule has 2 N–H and O–H groups in total. The van der Waals surface area contributed by atoms with Crippen molar-refractivity contribution in [2.75, 3.05) is 24.9 Å². The van der Waals surface area contributed by atoms with Crippen molar-refractivity contribution < 1.29 is 14.3 Å². The van der Waals surface area contributed by atoms with E-state index in [0.29, 0.717) is 33.6 Å². The van der Waals surface area contributed by atoms with Crippen molar-refractivity contribution in [3.8, 4) is 11.5 Å². The highest BCUT2D eigenvalue weighted by atomic mass is 35.5. The number of pyridine rings is 1. The minimum Gasteiger partial charge on any atom is -0.497 e. The van der Waals surface area contributed by atoms with E-state index in [1.165, 1.54) is 0 Å². The Balaban J connectivity index is 1.80. The Kier molecular flexibility index (Phi) is 6.01. The summed E-state index contributed by atoms with van der Waals surface area (Å²) in [7, 11) is 3.10. The molecular formula is C21H20ClN3O3. The zero-order valence-electron chi connectivity index (χ0n) is 15.7. The molecule has 0 fully saturated rings. The van der Waals surface area contributed by atoms with Gasteiger partial charge in [-0.3, -0.25) is 4.79 Å². The number of amides is 1. The van der Waals surface area contributed by atoms with E-state index in [9.17, 15) is 4.79 Å². The number of benzene rings is 2. The number of hydrogen-bond acceptors (Lipinski definition) is 5. The van der Waals surface area contributed by atoms with Crippen LogP contribution in [0.5, 0.6) is 11.5 Å². The average molecular weight is 398 g/mol. The highest BCUT2D eigenvalue weighted by Crippen LogP contribution is 2.29. The Hall–Kier alpha value is -3.25. The molecule has 7 heteroatoms. The number of ether oxygens (including phenoxy) is 2. The molecule has 0 saturated carbocycles. The van der Waals surface area contributed by atoms with Crippen LogP contribution in [0, 0.1) is 6.92 Å². The third-order valence-corrected chi connectivity index (χ3v) is 4.53. The molecule has 0 atom stereocenters. The number of halogens is 1. The van der Waals surface area contributed by atoms with Gasteiger partial charge in [0.05, 0.1) is 19.9 Å². The first kappa shape index (κ1) is 19.5. The summed E-state index contributed by atoms with van der Waals surface area (Å²) in [6.45, 7) is 1.93. The number of aromatic nitrogens is 1. The van der Waals surface area contributed by atoms with Crippen molar-refractivity contribution in [2.45, 2.75) is 6.92 Å². The first-order chi connectivity index (χ1) is 13.5. The molecule has 1 heterocycles. The second-order valence-corrected chi connectivity index (χ2v) is 6.45. The summed E-state index contributed by atoms with van der Waals surface area (Å²) in [6, 6.07) is 14.1. The van der Waals surface area contributed by atoms with E-state index in [1.54, 1.807) is 50.7 Å². The van der Waals surface area contributed by atoms with Gasteiger partial charge in [0.25, 0.3) is 5.91 Å². The van der Waals surface area contributed by atoms with Crippen molar-refractivity contribution in [3.05, 3.63) is 70.9 Å². The van der Waals surface area contributed by atoms with E-state index in [1.807, 2.05) is 25.1 Å². The second kappa shape index (κ2) is 8.63. The molecule has 0 aliphatic carbocycles. The predicted octanol–water partition coefficient (Wildman–Crippen LogP) is 5.06. The van der Waals surface area contributed by atoms with Gasteiger partial charge in [0.2, 0.25) is 0 Å². The summed E-state index contributed by atoms with van der Waals surface area (Å²) >= 11 is 6.16. The van der Waals surface area contributed by atoms with E-state index in [-0.39, 0.29) is 5.91 Å². The number of nitrogens with one attached hydrogen (secondary N) is 2. The minimum absolute atomic E-state index is 0.293. The molecule has 0 aliphatic heterocycles. The molecule has 0 aliphatic rings. The maximum absolute atomic E-state index is 12.7. The Labute approximate surface area is 168 Å². The number of carbonyl (C=O) groups is 1. The molecule has 28 heavy (non-hydrogen) atoms. The van der Waals surface area contributed by atoms with Gasteiger partial charge in [0.1, 0.15) is 17.3 Å². The predicted molar refractivity (Wildman–Crippen MR) is 111 cm³/mol. The molecule has 0 bridgehead atoms. The third kappa shape index (κ3) is 4.53. The van der Waals surface area contributed by atoms with E-state index in [4.69, 9.17) is 21.1 Å². The van der Waals surface area contributed by atoms with Gasteiger partial charge < -0.3 is 20.1 Å². The standard InChI is InChI=1S/C21H20ClN3O3/c1-13-4-5-15(11-17(13)22)24-20-10-14(8-9-23-20)21(26)25-18-12-16(27-2)6-7-19(18)28-3/h4-12H,1-3H3,(H,23,24)(H,25,26). The number of methoxy groups -OCH3 is 2. The molecule has 1 amide bonds. The maximum atomic E-state index is 12.7. The molecule has 3 rings (SSSR count). The molecule has 0 unspecified atom stereocenters. The zero-order chi connectivity index (χ0) is 20.1. The van der Waals surface area contributed by atoms with Gasteiger partial charge in [-0.25, -0.2) is 4.98 Å². The van der Waals surface area contributed by atoms with Gasteiger partial charge >= 0.3 is 0 Å². The maximum Gasteiger partial charge on any atom is 0.255 e. The molecule has 3 aromatic rings. The van der Waals surface area contributed by atoms with Crippen molar-refractivity contribution in [2.24, 2.45) is 0 Å². The lowest BCUT2D eigenvalue weighted by molar-refractivity contribution is 0.102. The van der Waals surface area contributed by atoms with Gasteiger partial charge in [-0.1, -0.05) is 17.7 Å². The summed E-state index contributed by atoms with van der Waals surface area (Å²) in [5.41, 5.74) is 2.74. The molecule has 1 aromatic heterocycles. The molecule has 144 valence electrons. The smallest absolute Gasteiger partial charge is 0.255 e. The fourth-order valence-electron chi connectivity index (χ4n) is 2.56. The van der Waals surface area contributed by atoms with Gasteiger partial charge in [0.15, 0.2) is 0 Å². The molecule has 2 aromatic carbocycles. The number of aryl methyl sites for hydroxylation is 1. The topological polar surface area (TPSA) is 72.5 Å². The van der Waals surface area contributed by atoms with Crippen LogP contribution >= 0.6 is 11.6 Å². The monoisotopic (exact) mass is 397 g/mol. The molecule has 0 spiro atoms. The van der Waals surface area contributed by atoms with E-state index in [0.717, 1.165) is 11.3 Å². The quantitative estimate of drug-likeness (QED) is 0.608. The van der Waals surface area contributed by atoms with Crippen LogP contribution in [0.25, 0.3) is 0 Å². The van der Waals surface area contributed by atoms with Crippen LogP contribution in [0.15, 0.2) is 54.7 Å². The summed E-state index contributed by atoms with van der Waals surface area (Å²) < 4.78 is 10.5. The summed E-state index contributed by atoms with van der Waals surface area (Å²) in [5, 5.41) is 6.65. The van der Waals surface area contributed by atoms with Crippen LogP contribution in [0.2, 0.25) is 5.02 Å². The molecular weight excluding hydrogens is 378 g/mol. The lowest BCUT2D eigenvalue weighted by Gasteiger charge is -2.12. The van der Waals surface area contributed by atoms with Gasteiger partial charge in [-0.2, -0.15) is 0 Å². The number of carbonyl (C=O) groups excluding carboxylic acids is 1. The Bertz CT molecular complexity index is 1010. The minimum atomic E-state index is -0.293. The second-order valence-electron chi connectivity index (χ2n) is 6.04. The van der Waals surface area contributed by atoms with E-state index in [2.05, 4.69) is 15.6 Å². The molecule has 0 saturated heterocycles. The average Bonchev–Trinajstić information content (AvgIpc) is 2.71. The van der Waals surface area contributed by atoms with Gasteiger partial charge in [-0.15, -0.1) is 0 Å². The number of nitrogens with zero attached hydrogens (tertiary/aromatic N) is 1. The van der Waals surface area contributed by atoms with Crippen molar-refractivity contribution in [1.82, 2.24) is 4.98 Å². The fourth-order valence-corrected chi connectivity index (χ4v) is 2.75. The highest BCUT2D eigenvalue weighted by molar-refractivity contribution is 6.31. The number of rotatable bonds is 6. The summed E-state index contributed by atoms with van der Waals surface area (Å²) in [6.07, 6.45) is 1.57. The first-order valence-electron chi connectivity index (χ1n) is 8.53. The van der Waals surface area contributed by atoms with Crippen LogP contribution in [0.4, 0.5) is 17.2 Å². The first-order valence-corrected chi connectivity index (χ1v) is 8.90. The van der Waals surface area contributed by atoms with Crippen LogP contribution in [-0.4, -0.2) is 25.1 Å². The summed E-state index contributed by atoms with van der Waals surface area (Å²) in [4.78, 5) is 17.0. The van der Waals surface area contributed by atoms with Crippen LogP contribution in [-0.2, 0) is 0 Å². The largest absolute Gasteiger partial charge is 0.497 e. The van der Waals surface area contributed by atoms with Crippen LogP contribution in [0.1, 0.15) is 15.9 Å². The van der Waals surface area contributed by atoms with E-state index >= 15 is 0 Å². The number of anilines is 3. The highest BCUT2D eigenvalue weighted by Gasteiger charge is 2.12. The van der Waals surface area contributed by atoms with Crippen molar-refractivity contribution in [1.29, 1.82) is 0 Å². The fraction of sp³-hybridized carbons (Fsp3) is 0.143. The number of hydrogen-bond donors (Lipinski definition) is 2. The van der Waals surface area contributed by atoms with Gasteiger partial charge in [-0.05, 0) is 48.9 Å². The molecule has 0 radical (unpaired) electrons. The molecule has 6 nitrogen and oxygen atoms in total. The van der Waals surface area contributed by atoms with Gasteiger partial charge in [0, 0.05) is 28.5 Å².